The maximum absolute atomic E-state index is 12.0. The van der Waals surface area contributed by atoms with Gasteiger partial charge in [-0.2, -0.15) is 5.10 Å². The van der Waals surface area contributed by atoms with Gasteiger partial charge in [0.1, 0.15) is 11.5 Å². The van der Waals surface area contributed by atoms with Crippen LogP contribution in [0.15, 0.2) is 58.3 Å². The zero-order chi connectivity index (χ0) is 15.1. The SMILES string of the molecule is COc1ccccc1C(=O)N/N=C(C)\C=C\c1ccco1. The predicted octanol–water partition coefficient (Wildman–Crippen LogP) is 3.11. The smallest absolute Gasteiger partial charge is 0.275 e. The molecule has 5 nitrogen and oxygen atoms in total. The van der Waals surface area contributed by atoms with Gasteiger partial charge in [-0.25, -0.2) is 5.43 Å². The molecule has 0 fully saturated rings. The molecule has 0 bridgehead atoms. The van der Waals surface area contributed by atoms with Crippen molar-refractivity contribution in [3.8, 4) is 5.75 Å². The number of hydrogen-bond acceptors (Lipinski definition) is 4. The fraction of sp³-hybridized carbons (Fsp3) is 0.125. The highest BCUT2D eigenvalue weighted by Gasteiger charge is 2.10. The third kappa shape index (κ3) is 4.07. The first-order chi connectivity index (χ1) is 10.2. The van der Waals surface area contributed by atoms with E-state index in [-0.39, 0.29) is 5.91 Å². The lowest BCUT2D eigenvalue weighted by molar-refractivity contribution is 0.0952. The summed E-state index contributed by atoms with van der Waals surface area (Å²) >= 11 is 0. The number of methoxy groups -OCH3 is 1. The second kappa shape index (κ2) is 7.09. The molecule has 0 spiro atoms. The van der Waals surface area contributed by atoms with Gasteiger partial charge in [0.2, 0.25) is 0 Å². The number of furan rings is 1. The highest BCUT2D eigenvalue weighted by molar-refractivity contribution is 6.00. The summed E-state index contributed by atoms with van der Waals surface area (Å²) in [6.45, 7) is 1.78. The lowest BCUT2D eigenvalue weighted by atomic mass is 10.2. The van der Waals surface area contributed by atoms with Crippen molar-refractivity contribution in [1.82, 2.24) is 5.43 Å². The minimum atomic E-state index is -0.321. The molecule has 1 amide bonds. The van der Waals surface area contributed by atoms with Crippen molar-refractivity contribution in [2.24, 2.45) is 5.10 Å². The van der Waals surface area contributed by atoms with Gasteiger partial charge in [0.15, 0.2) is 0 Å². The van der Waals surface area contributed by atoms with E-state index >= 15 is 0 Å². The molecule has 0 aliphatic heterocycles. The number of nitrogens with one attached hydrogen (secondary N) is 1. The minimum Gasteiger partial charge on any atom is -0.496 e. The van der Waals surface area contributed by atoms with Crippen molar-refractivity contribution in [3.05, 3.63) is 60.1 Å². The molecule has 0 unspecified atom stereocenters. The van der Waals surface area contributed by atoms with Gasteiger partial charge in [-0.15, -0.1) is 0 Å². The molecule has 1 aromatic carbocycles. The van der Waals surface area contributed by atoms with E-state index in [1.54, 1.807) is 55.7 Å². The summed E-state index contributed by atoms with van der Waals surface area (Å²) < 4.78 is 10.3. The van der Waals surface area contributed by atoms with Crippen LogP contribution in [0.1, 0.15) is 23.0 Å². The first-order valence-corrected chi connectivity index (χ1v) is 6.40. The minimum absolute atomic E-state index is 0.321. The van der Waals surface area contributed by atoms with Crippen molar-refractivity contribution in [3.63, 3.8) is 0 Å². The third-order valence-electron chi connectivity index (χ3n) is 2.72. The Morgan fingerprint density at radius 3 is 2.81 bits per heavy atom. The number of ether oxygens (including phenoxy) is 1. The number of hydrogen-bond donors (Lipinski definition) is 1. The van der Waals surface area contributed by atoms with Crippen LogP contribution in [0.3, 0.4) is 0 Å². The molecule has 0 aliphatic rings. The lowest BCUT2D eigenvalue weighted by Gasteiger charge is -2.06. The number of nitrogens with zero attached hydrogens (tertiary/aromatic N) is 1. The number of para-hydroxylation sites is 1. The van der Waals surface area contributed by atoms with Gasteiger partial charge in [-0.05, 0) is 43.3 Å². The molecule has 0 atom stereocenters. The molecule has 2 rings (SSSR count). The van der Waals surface area contributed by atoms with E-state index in [2.05, 4.69) is 10.5 Å². The van der Waals surface area contributed by atoms with E-state index in [0.717, 1.165) is 5.76 Å². The first-order valence-electron chi connectivity index (χ1n) is 6.40. The zero-order valence-corrected chi connectivity index (χ0v) is 11.9. The van der Waals surface area contributed by atoms with Gasteiger partial charge >= 0.3 is 0 Å². The second-order valence-electron chi connectivity index (χ2n) is 4.24. The molecule has 0 saturated heterocycles. The maximum atomic E-state index is 12.0. The summed E-state index contributed by atoms with van der Waals surface area (Å²) in [4.78, 5) is 12.0. The summed E-state index contributed by atoms with van der Waals surface area (Å²) in [6, 6.07) is 10.6. The van der Waals surface area contributed by atoms with E-state index in [0.29, 0.717) is 17.0 Å². The third-order valence-corrected chi connectivity index (χ3v) is 2.72. The first kappa shape index (κ1) is 14.6. The Morgan fingerprint density at radius 1 is 1.29 bits per heavy atom. The molecule has 1 aromatic heterocycles. The Hall–Kier alpha value is -2.82. The highest BCUT2D eigenvalue weighted by atomic mass is 16.5. The van der Waals surface area contributed by atoms with Crippen LogP contribution in [0.4, 0.5) is 0 Å². The van der Waals surface area contributed by atoms with Crippen LogP contribution < -0.4 is 10.2 Å². The topological polar surface area (TPSA) is 63.8 Å². The van der Waals surface area contributed by atoms with E-state index in [9.17, 15) is 4.79 Å². The summed E-state index contributed by atoms with van der Waals surface area (Å²) in [7, 11) is 1.52. The largest absolute Gasteiger partial charge is 0.496 e. The quantitative estimate of drug-likeness (QED) is 0.677. The molecule has 1 N–H and O–H groups in total. The van der Waals surface area contributed by atoms with Crippen molar-refractivity contribution in [2.45, 2.75) is 6.92 Å². The Labute approximate surface area is 122 Å². The van der Waals surface area contributed by atoms with Crippen molar-refractivity contribution in [1.29, 1.82) is 0 Å². The van der Waals surface area contributed by atoms with Gasteiger partial charge < -0.3 is 9.15 Å². The van der Waals surface area contributed by atoms with Gasteiger partial charge in [-0.1, -0.05) is 12.1 Å². The van der Waals surface area contributed by atoms with Crippen LogP contribution >= 0.6 is 0 Å². The number of carbonyl (C=O) groups is 1. The normalized spacial score (nSPS) is 11.6. The van der Waals surface area contributed by atoms with E-state index in [1.807, 2.05) is 6.07 Å². The molecule has 5 heteroatoms. The standard InChI is InChI=1S/C16H16N2O3/c1-12(9-10-13-6-5-11-21-13)17-18-16(19)14-7-3-4-8-15(14)20-2/h3-11H,1-2H3,(H,18,19)/b10-9+,17-12-. The Morgan fingerprint density at radius 2 is 2.10 bits per heavy atom. The fourth-order valence-corrected chi connectivity index (χ4v) is 1.66. The molecule has 1 heterocycles. The Bertz CT molecular complexity index is 658. The van der Waals surface area contributed by atoms with Crippen LogP contribution in [-0.4, -0.2) is 18.7 Å². The van der Waals surface area contributed by atoms with Gasteiger partial charge in [-0.3, -0.25) is 4.79 Å². The molecular formula is C16H16N2O3. The molecule has 2 aromatic rings. The summed E-state index contributed by atoms with van der Waals surface area (Å²) in [6.07, 6.45) is 5.12. The molecular weight excluding hydrogens is 268 g/mol. The average molecular weight is 284 g/mol. The predicted molar refractivity (Wildman–Crippen MR) is 81.3 cm³/mol. The summed E-state index contributed by atoms with van der Waals surface area (Å²) in [5, 5.41) is 4.01. The highest BCUT2D eigenvalue weighted by Crippen LogP contribution is 2.16. The number of amides is 1. The van der Waals surface area contributed by atoms with Crippen molar-refractivity contribution in [2.75, 3.05) is 7.11 Å². The number of benzene rings is 1. The second-order valence-corrected chi connectivity index (χ2v) is 4.24. The maximum Gasteiger partial charge on any atom is 0.275 e. The van der Waals surface area contributed by atoms with Gasteiger partial charge in [0, 0.05) is 0 Å². The van der Waals surface area contributed by atoms with Crippen LogP contribution in [0.2, 0.25) is 0 Å². The van der Waals surface area contributed by atoms with E-state index in [1.165, 1.54) is 7.11 Å². The molecule has 0 aliphatic carbocycles. The van der Waals surface area contributed by atoms with Crippen molar-refractivity contribution < 1.29 is 13.9 Å². The van der Waals surface area contributed by atoms with E-state index in [4.69, 9.17) is 9.15 Å². The molecule has 0 radical (unpaired) electrons. The molecule has 0 saturated carbocycles. The number of allylic oxidation sites excluding steroid dienone is 1. The molecule has 21 heavy (non-hydrogen) atoms. The van der Waals surface area contributed by atoms with Crippen LogP contribution in [0, 0.1) is 0 Å². The van der Waals surface area contributed by atoms with Crippen LogP contribution in [-0.2, 0) is 0 Å². The number of hydrazone groups is 1. The Kier molecular flexibility index (Phi) is 4.93. The van der Waals surface area contributed by atoms with Crippen molar-refractivity contribution >= 4 is 17.7 Å². The van der Waals surface area contributed by atoms with E-state index < -0.39 is 0 Å². The Balaban J connectivity index is 2.01. The zero-order valence-electron chi connectivity index (χ0n) is 11.9. The lowest BCUT2D eigenvalue weighted by Crippen LogP contribution is -2.19. The molecule has 108 valence electrons. The van der Waals surface area contributed by atoms with Crippen LogP contribution in [0.5, 0.6) is 5.75 Å². The van der Waals surface area contributed by atoms with Gasteiger partial charge in [0.25, 0.3) is 5.91 Å². The average Bonchev–Trinajstić information content (AvgIpc) is 3.04. The van der Waals surface area contributed by atoms with Gasteiger partial charge in [0.05, 0.1) is 24.6 Å². The monoisotopic (exact) mass is 284 g/mol. The summed E-state index contributed by atoms with van der Waals surface area (Å²) in [5.41, 5.74) is 3.58. The fourth-order valence-electron chi connectivity index (χ4n) is 1.66. The van der Waals surface area contributed by atoms with Crippen LogP contribution in [0.25, 0.3) is 6.08 Å². The summed E-state index contributed by atoms with van der Waals surface area (Å²) in [5.74, 6) is 0.910. The number of rotatable bonds is 5. The number of carbonyl (C=O) groups excluding carboxylic acids is 1.